The first-order valence-electron chi connectivity index (χ1n) is 5.86. The molecule has 0 aromatic carbocycles. The lowest BCUT2D eigenvalue weighted by molar-refractivity contribution is 0.395. The monoisotopic (exact) mass is 250 g/mol. The highest BCUT2D eigenvalue weighted by molar-refractivity contribution is 7.89. The van der Waals surface area contributed by atoms with E-state index < -0.39 is 10.0 Å². The van der Waals surface area contributed by atoms with E-state index >= 15 is 0 Å². The van der Waals surface area contributed by atoms with Crippen molar-refractivity contribution < 1.29 is 8.42 Å². The van der Waals surface area contributed by atoms with Crippen LogP contribution in [0.4, 0.5) is 0 Å². The molecule has 0 heterocycles. The molecule has 0 saturated carbocycles. The molecule has 5 heteroatoms. The van der Waals surface area contributed by atoms with E-state index in [0.717, 1.165) is 0 Å². The smallest absolute Gasteiger partial charge is 0.214 e. The third-order valence-electron chi connectivity index (χ3n) is 2.65. The van der Waals surface area contributed by atoms with Gasteiger partial charge in [-0.2, -0.15) is 0 Å². The zero-order valence-electron chi connectivity index (χ0n) is 11.1. The second-order valence-electron chi connectivity index (χ2n) is 5.19. The van der Waals surface area contributed by atoms with Crippen molar-refractivity contribution in [3.05, 3.63) is 0 Å². The minimum atomic E-state index is -3.10. The molecule has 4 nitrogen and oxygen atoms in total. The lowest BCUT2D eigenvalue weighted by Gasteiger charge is -2.22. The maximum atomic E-state index is 11.8. The minimum absolute atomic E-state index is 0.0664. The first-order chi connectivity index (χ1) is 7.16. The van der Waals surface area contributed by atoms with E-state index in [1.165, 1.54) is 4.31 Å². The standard InChI is InChI=1S/C11H26N2O2S/c1-9(2)8-16(14,15)13(5)7-6-11(12)10(3)4/h9-11H,6-8,12H2,1-5H3. The Bertz CT molecular complexity index is 286. The van der Waals surface area contributed by atoms with Gasteiger partial charge in [-0.05, 0) is 18.3 Å². The maximum absolute atomic E-state index is 11.8. The molecule has 0 saturated heterocycles. The highest BCUT2D eigenvalue weighted by Gasteiger charge is 2.20. The van der Waals surface area contributed by atoms with Gasteiger partial charge < -0.3 is 5.73 Å². The van der Waals surface area contributed by atoms with Crippen molar-refractivity contribution in [2.24, 2.45) is 17.6 Å². The summed E-state index contributed by atoms with van der Waals surface area (Å²) in [7, 11) is -1.47. The van der Waals surface area contributed by atoms with Gasteiger partial charge in [0.05, 0.1) is 5.75 Å². The fourth-order valence-electron chi connectivity index (χ4n) is 1.35. The number of sulfonamides is 1. The molecule has 16 heavy (non-hydrogen) atoms. The molecule has 0 spiro atoms. The van der Waals surface area contributed by atoms with Crippen LogP contribution in [0, 0.1) is 11.8 Å². The summed E-state index contributed by atoms with van der Waals surface area (Å²) in [5, 5.41) is 0. The van der Waals surface area contributed by atoms with Gasteiger partial charge in [0.2, 0.25) is 10.0 Å². The summed E-state index contributed by atoms with van der Waals surface area (Å²) < 4.78 is 25.0. The van der Waals surface area contributed by atoms with Gasteiger partial charge in [-0.1, -0.05) is 27.7 Å². The topological polar surface area (TPSA) is 63.4 Å². The van der Waals surface area contributed by atoms with Crippen molar-refractivity contribution in [1.82, 2.24) is 4.31 Å². The Labute approximate surface area is 100 Å². The Morgan fingerprint density at radius 2 is 1.69 bits per heavy atom. The van der Waals surface area contributed by atoms with Crippen molar-refractivity contribution in [1.29, 1.82) is 0 Å². The molecular weight excluding hydrogens is 224 g/mol. The number of rotatable bonds is 7. The summed E-state index contributed by atoms with van der Waals surface area (Å²) in [4.78, 5) is 0. The molecular formula is C11H26N2O2S. The Balaban J connectivity index is 4.20. The van der Waals surface area contributed by atoms with Gasteiger partial charge in [-0.3, -0.25) is 0 Å². The lowest BCUT2D eigenvalue weighted by Crippen LogP contribution is -2.36. The van der Waals surface area contributed by atoms with Gasteiger partial charge in [0, 0.05) is 19.6 Å². The summed E-state index contributed by atoms with van der Waals surface area (Å²) >= 11 is 0. The van der Waals surface area contributed by atoms with E-state index in [1.54, 1.807) is 7.05 Å². The zero-order valence-corrected chi connectivity index (χ0v) is 11.9. The Morgan fingerprint density at radius 1 is 1.19 bits per heavy atom. The van der Waals surface area contributed by atoms with Crippen molar-refractivity contribution in [3.8, 4) is 0 Å². The van der Waals surface area contributed by atoms with Crippen LogP contribution in [0.5, 0.6) is 0 Å². The molecule has 0 radical (unpaired) electrons. The fraction of sp³-hybridized carbons (Fsp3) is 1.00. The predicted molar refractivity (Wildman–Crippen MR) is 68.7 cm³/mol. The molecule has 0 aromatic rings. The van der Waals surface area contributed by atoms with Gasteiger partial charge in [-0.15, -0.1) is 0 Å². The molecule has 0 aromatic heterocycles. The number of hydrogen-bond donors (Lipinski definition) is 1. The molecule has 1 unspecified atom stereocenters. The normalized spacial score (nSPS) is 15.1. The number of nitrogens with two attached hydrogens (primary N) is 1. The second-order valence-corrected chi connectivity index (χ2v) is 7.31. The second kappa shape index (κ2) is 6.57. The Hall–Kier alpha value is -0.130. The SMILES string of the molecule is CC(C)CS(=O)(=O)N(C)CCC(N)C(C)C. The highest BCUT2D eigenvalue weighted by atomic mass is 32.2. The molecule has 0 fully saturated rings. The third kappa shape index (κ3) is 5.82. The number of nitrogens with zero attached hydrogens (tertiary/aromatic N) is 1. The van der Waals surface area contributed by atoms with Crippen LogP contribution in [-0.4, -0.2) is 38.1 Å². The quantitative estimate of drug-likeness (QED) is 0.740. The van der Waals surface area contributed by atoms with Crippen molar-refractivity contribution in [3.63, 3.8) is 0 Å². The molecule has 2 N–H and O–H groups in total. The average molecular weight is 250 g/mol. The van der Waals surface area contributed by atoms with Crippen LogP contribution in [0.15, 0.2) is 0 Å². The average Bonchev–Trinajstić information content (AvgIpc) is 2.10. The molecule has 0 aliphatic heterocycles. The van der Waals surface area contributed by atoms with E-state index in [1.807, 2.05) is 27.7 Å². The minimum Gasteiger partial charge on any atom is -0.327 e. The first kappa shape index (κ1) is 15.9. The largest absolute Gasteiger partial charge is 0.327 e. The van der Waals surface area contributed by atoms with Crippen LogP contribution >= 0.6 is 0 Å². The van der Waals surface area contributed by atoms with E-state index in [-0.39, 0.29) is 17.7 Å². The van der Waals surface area contributed by atoms with Crippen LogP contribution in [0.1, 0.15) is 34.1 Å². The summed E-state index contributed by atoms with van der Waals surface area (Å²) in [6.45, 7) is 8.42. The summed E-state index contributed by atoms with van der Waals surface area (Å²) in [5.74, 6) is 0.757. The molecule has 0 amide bonds. The predicted octanol–water partition coefficient (Wildman–Crippen LogP) is 1.28. The van der Waals surface area contributed by atoms with Gasteiger partial charge in [0.15, 0.2) is 0 Å². The summed E-state index contributed by atoms with van der Waals surface area (Å²) in [6, 6.07) is 0.0664. The van der Waals surface area contributed by atoms with E-state index in [4.69, 9.17) is 5.73 Å². The Morgan fingerprint density at radius 3 is 2.06 bits per heavy atom. The highest BCUT2D eigenvalue weighted by Crippen LogP contribution is 2.08. The van der Waals surface area contributed by atoms with Gasteiger partial charge in [0.1, 0.15) is 0 Å². The van der Waals surface area contributed by atoms with Gasteiger partial charge in [-0.25, -0.2) is 12.7 Å². The van der Waals surface area contributed by atoms with E-state index in [9.17, 15) is 8.42 Å². The molecule has 1 atom stereocenters. The van der Waals surface area contributed by atoms with E-state index in [0.29, 0.717) is 18.9 Å². The molecule has 98 valence electrons. The molecule has 0 bridgehead atoms. The van der Waals surface area contributed by atoms with Crippen molar-refractivity contribution in [2.45, 2.75) is 40.2 Å². The molecule has 0 aliphatic rings. The zero-order chi connectivity index (χ0) is 12.9. The first-order valence-corrected chi connectivity index (χ1v) is 7.47. The molecule has 0 aliphatic carbocycles. The van der Waals surface area contributed by atoms with Crippen molar-refractivity contribution >= 4 is 10.0 Å². The van der Waals surface area contributed by atoms with E-state index in [2.05, 4.69) is 0 Å². The summed E-state index contributed by atoms with van der Waals surface area (Å²) in [6.07, 6.45) is 0.714. The van der Waals surface area contributed by atoms with Crippen LogP contribution in [0.3, 0.4) is 0 Å². The Kier molecular flexibility index (Phi) is 6.51. The van der Waals surface area contributed by atoms with Crippen LogP contribution in [0.2, 0.25) is 0 Å². The van der Waals surface area contributed by atoms with Gasteiger partial charge >= 0.3 is 0 Å². The van der Waals surface area contributed by atoms with Crippen LogP contribution < -0.4 is 5.73 Å². The number of hydrogen-bond acceptors (Lipinski definition) is 3. The van der Waals surface area contributed by atoms with Crippen LogP contribution in [0.25, 0.3) is 0 Å². The fourth-order valence-corrected chi connectivity index (χ4v) is 2.83. The van der Waals surface area contributed by atoms with Crippen molar-refractivity contribution in [2.75, 3.05) is 19.3 Å². The third-order valence-corrected chi connectivity index (χ3v) is 4.87. The maximum Gasteiger partial charge on any atom is 0.214 e. The lowest BCUT2D eigenvalue weighted by atomic mass is 10.0. The summed E-state index contributed by atoms with van der Waals surface area (Å²) in [5.41, 5.74) is 5.89. The molecule has 0 rings (SSSR count). The van der Waals surface area contributed by atoms with Crippen LogP contribution in [-0.2, 0) is 10.0 Å². The van der Waals surface area contributed by atoms with Gasteiger partial charge in [0.25, 0.3) is 0 Å².